The Morgan fingerprint density at radius 1 is 1.33 bits per heavy atom. The lowest BCUT2D eigenvalue weighted by atomic mass is 10.1. The van der Waals surface area contributed by atoms with E-state index in [-0.39, 0.29) is 0 Å². The number of thiophene rings is 1. The summed E-state index contributed by atoms with van der Waals surface area (Å²) in [5, 5.41) is 4.94. The second-order valence-corrected chi connectivity index (χ2v) is 7.41. The van der Waals surface area contributed by atoms with E-state index in [1.54, 1.807) is 0 Å². The number of benzene rings is 1. The lowest BCUT2D eigenvalue weighted by Crippen LogP contribution is -2.30. The Balaban J connectivity index is 1.86. The van der Waals surface area contributed by atoms with Gasteiger partial charge in [-0.05, 0) is 56.3 Å². The van der Waals surface area contributed by atoms with E-state index in [2.05, 4.69) is 55.4 Å². The maximum absolute atomic E-state index is 3.50. The van der Waals surface area contributed by atoms with Gasteiger partial charge in [-0.2, -0.15) is 0 Å². The molecule has 1 atom stereocenters. The number of nitrogens with zero attached hydrogens (tertiary/aromatic N) is 1. The molecule has 1 heterocycles. The maximum Gasteiger partial charge on any atom is 0.0349 e. The van der Waals surface area contributed by atoms with E-state index >= 15 is 0 Å². The number of rotatable bonds is 7. The molecule has 1 saturated carbocycles. The van der Waals surface area contributed by atoms with Gasteiger partial charge in [0, 0.05) is 28.7 Å². The van der Waals surface area contributed by atoms with Gasteiger partial charge in [-0.3, -0.25) is 4.90 Å². The molecule has 0 amide bonds. The first-order chi connectivity index (χ1) is 10.2. The molecule has 1 N–H and O–H groups in total. The average Bonchev–Trinajstić information content (AvgIpc) is 3.29. The predicted molar refractivity (Wildman–Crippen MR) is 92.9 cm³/mol. The van der Waals surface area contributed by atoms with Crippen molar-refractivity contribution in [3.63, 3.8) is 0 Å². The van der Waals surface area contributed by atoms with Crippen LogP contribution in [0.15, 0.2) is 24.3 Å². The fourth-order valence-corrected chi connectivity index (χ4v) is 4.22. The van der Waals surface area contributed by atoms with Gasteiger partial charge < -0.3 is 5.32 Å². The summed E-state index contributed by atoms with van der Waals surface area (Å²) in [6.45, 7) is 7.66. The van der Waals surface area contributed by atoms with Gasteiger partial charge in [0.1, 0.15) is 0 Å². The van der Waals surface area contributed by atoms with Crippen molar-refractivity contribution < 1.29 is 0 Å². The lowest BCUT2D eigenvalue weighted by molar-refractivity contribution is 0.227. The summed E-state index contributed by atoms with van der Waals surface area (Å²) >= 11 is 1.95. The van der Waals surface area contributed by atoms with Crippen LogP contribution < -0.4 is 5.32 Å². The van der Waals surface area contributed by atoms with E-state index in [9.17, 15) is 0 Å². The first-order valence-corrected chi connectivity index (χ1v) is 8.92. The van der Waals surface area contributed by atoms with E-state index in [1.165, 1.54) is 33.4 Å². The second kappa shape index (κ2) is 6.47. The fourth-order valence-electron chi connectivity index (χ4n) is 3.04. The smallest absolute Gasteiger partial charge is 0.0349 e. The van der Waals surface area contributed by atoms with E-state index in [1.807, 2.05) is 11.3 Å². The van der Waals surface area contributed by atoms with Gasteiger partial charge in [0.2, 0.25) is 0 Å². The summed E-state index contributed by atoms with van der Waals surface area (Å²) in [7, 11) is 2.28. The molecular weight excluding hydrogens is 276 g/mol. The molecule has 1 aromatic carbocycles. The minimum Gasteiger partial charge on any atom is -0.312 e. The molecule has 1 aliphatic rings. The molecule has 0 aliphatic heterocycles. The first kappa shape index (κ1) is 15.0. The fraction of sp³-hybridized carbons (Fsp3) is 0.556. The molecule has 0 radical (unpaired) electrons. The van der Waals surface area contributed by atoms with E-state index in [4.69, 9.17) is 0 Å². The number of fused-ring (bicyclic) bond motifs is 1. The molecule has 0 bridgehead atoms. The Morgan fingerprint density at radius 3 is 2.81 bits per heavy atom. The van der Waals surface area contributed by atoms with Gasteiger partial charge >= 0.3 is 0 Å². The molecule has 1 unspecified atom stereocenters. The number of nitrogens with one attached hydrogen (secondary N) is 1. The van der Waals surface area contributed by atoms with Crippen molar-refractivity contribution in [2.24, 2.45) is 5.92 Å². The van der Waals surface area contributed by atoms with Crippen LogP contribution >= 0.6 is 11.3 Å². The lowest BCUT2D eigenvalue weighted by Gasteiger charge is -2.25. The van der Waals surface area contributed by atoms with Crippen molar-refractivity contribution >= 4 is 21.4 Å². The zero-order chi connectivity index (χ0) is 14.8. The third-order valence-corrected chi connectivity index (χ3v) is 5.94. The van der Waals surface area contributed by atoms with Gasteiger partial charge in [-0.25, -0.2) is 0 Å². The molecule has 3 rings (SSSR count). The van der Waals surface area contributed by atoms with Gasteiger partial charge in [-0.1, -0.05) is 25.1 Å². The van der Waals surface area contributed by atoms with Crippen LogP contribution in [0, 0.1) is 5.92 Å². The van der Waals surface area contributed by atoms with Crippen LogP contribution in [0.25, 0.3) is 10.1 Å². The summed E-state index contributed by atoms with van der Waals surface area (Å²) in [5.74, 6) is 0.928. The summed E-state index contributed by atoms with van der Waals surface area (Å²) < 4.78 is 1.42. The predicted octanol–water partition coefficient (Wildman–Crippen LogP) is 4.24. The molecule has 2 nitrogen and oxygen atoms in total. The Hall–Kier alpha value is -0.900. The van der Waals surface area contributed by atoms with Crippen LogP contribution in [-0.4, -0.2) is 24.5 Å². The monoisotopic (exact) mass is 302 g/mol. The third kappa shape index (κ3) is 3.31. The molecule has 0 saturated heterocycles. The van der Waals surface area contributed by atoms with Gasteiger partial charge in [0.05, 0.1) is 0 Å². The molecule has 1 aromatic heterocycles. The zero-order valence-electron chi connectivity index (χ0n) is 13.4. The van der Waals surface area contributed by atoms with Crippen LogP contribution in [0.4, 0.5) is 0 Å². The molecule has 0 spiro atoms. The Kier molecular flexibility index (Phi) is 4.63. The molecule has 114 valence electrons. The van der Waals surface area contributed by atoms with Crippen LogP contribution in [0.1, 0.15) is 37.1 Å². The zero-order valence-corrected chi connectivity index (χ0v) is 14.2. The second-order valence-electron chi connectivity index (χ2n) is 6.27. The standard InChI is InChI=1S/C18H26N2S/c1-4-19-11-18-16(12-20(3)13(2)14-9-10-14)15-7-5-6-8-17(15)21-18/h5-8,13-14,19H,4,9-12H2,1-3H3. The van der Waals surface area contributed by atoms with Crippen molar-refractivity contribution in [3.8, 4) is 0 Å². The topological polar surface area (TPSA) is 15.3 Å². The minimum absolute atomic E-state index is 0.704. The van der Waals surface area contributed by atoms with Gasteiger partial charge in [-0.15, -0.1) is 11.3 Å². The summed E-state index contributed by atoms with van der Waals surface area (Å²) in [6.07, 6.45) is 2.83. The molecule has 1 aliphatic carbocycles. The average molecular weight is 302 g/mol. The minimum atomic E-state index is 0.704. The molecular formula is C18H26N2S. The molecule has 21 heavy (non-hydrogen) atoms. The first-order valence-electron chi connectivity index (χ1n) is 8.11. The van der Waals surface area contributed by atoms with Crippen LogP contribution in [0.5, 0.6) is 0 Å². The summed E-state index contributed by atoms with van der Waals surface area (Å²) in [4.78, 5) is 4.05. The Labute approximate surface area is 132 Å². The van der Waals surface area contributed by atoms with Crippen molar-refractivity contribution in [1.82, 2.24) is 10.2 Å². The number of hydrogen-bond donors (Lipinski definition) is 1. The van der Waals surface area contributed by atoms with Crippen molar-refractivity contribution in [3.05, 3.63) is 34.7 Å². The molecule has 2 aromatic rings. The van der Waals surface area contributed by atoms with Crippen molar-refractivity contribution in [1.29, 1.82) is 0 Å². The van der Waals surface area contributed by atoms with Crippen LogP contribution in [-0.2, 0) is 13.1 Å². The van der Waals surface area contributed by atoms with Crippen LogP contribution in [0.3, 0.4) is 0 Å². The molecule has 1 fully saturated rings. The van der Waals surface area contributed by atoms with Gasteiger partial charge in [0.15, 0.2) is 0 Å². The highest BCUT2D eigenvalue weighted by Crippen LogP contribution is 2.37. The van der Waals surface area contributed by atoms with Gasteiger partial charge in [0.25, 0.3) is 0 Å². The highest BCUT2D eigenvalue weighted by molar-refractivity contribution is 7.19. The Bertz CT molecular complexity index is 600. The molecule has 3 heteroatoms. The maximum atomic E-state index is 3.50. The quantitative estimate of drug-likeness (QED) is 0.823. The SMILES string of the molecule is CCNCc1sc2ccccc2c1CN(C)C(C)C1CC1. The van der Waals surface area contributed by atoms with E-state index < -0.39 is 0 Å². The highest BCUT2D eigenvalue weighted by atomic mass is 32.1. The normalized spacial score (nSPS) is 16.8. The van der Waals surface area contributed by atoms with Crippen molar-refractivity contribution in [2.75, 3.05) is 13.6 Å². The highest BCUT2D eigenvalue weighted by Gasteiger charge is 2.30. The summed E-state index contributed by atoms with van der Waals surface area (Å²) in [6, 6.07) is 9.56. The largest absolute Gasteiger partial charge is 0.312 e. The Morgan fingerprint density at radius 2 is 2.10 bits per heavy atom. The number of hydrogen-bond acceptors (Lipinski definition) is 3. The summed E-state index contributed by atoms with van der Waals surface area (Å²) in [5.41, 5.74) is 1.53. The van der Waals surface area contributed by atoms with E-state index in [0.717, 1.165) is 25.6 Å². The van der Waals surface area contributed by atoms with Crippen molar-refractivity contribution in [2.45, 2.75) is 45.8 Å². The van der Waals surface area contributed by atoms with Crippen LogP contribution in [0.2, 0.25) is 0 Å². The van der Waals surface area contributed by atoms with E-state index in [0.29, 0.717) is 6.04 Å². The third-order valence-electron chi connectivity index (χ3n) is 4.72.